The number of rotatable bonds is 5. The summed E-state index contributed by atoms with van der Waals surface area (Å²) in [5, 5.41) is 3.91. The van der Waals surface area contributed by atoms with Crippen molar-refractivity contribution in [2.24, 2.45) is 11.8 Å². The Morgan fingerprint density at radius 3 is 2.40 bits per heavy atom. The molecule has 1 aromatic carbocycles. The normalized spacial score (nSPS) is 28.6. The molecule has 1 fully saturated rings. The third kappa shape index (κ3) is 4.32. The van der Waals surface area contributed by atoms with E-state index < -0.39 is 0 Å². The van der Waals surface area contributed by atoms with Crippen molar-refractivity contribution in [1.82, 2.24) is 10.2 Å². The van der Waals surface area contributed by atoms with Crippen LogP contribution in [0.2, 0.25) is 0 Å². The van der Waals surface area contributed by atoms with Crippen molar-refractivity contribution in [2.45, 2.75) is 45.2 Å². The van der Waals surface area contributed by atoms with E-state index in [1.807, 2.05) is 0 Å². The van der Waals surface area contributed by atoms with Crippen LogP contribution in [0.15, 0.2) is 30.3 Å². The van der Waals surface area contributed by atoms with Gasteiger partial charge in [-0.1, -0.05) is 44.2 Å². The maximum Gasteiger partial charge on any atom is 0.0451 e. The zero-order valence-corrected chi connectivity index (χ0v) is 13.5. The smallest absolute Gasteiger partial charge is 0.0451 e. The Hall–Kier alpha value is -0.860. The Morgan fingerprint density at radius 1 is 1.10 bits per heavy atom. The first-order valence-electron chi connectivity index (χ1n) is 8.02. The highest BCUT2D eigenvalue weighted by molar-refractivity contribution is 5.19. The number of hydrogen-bond acceptors (Lipinski definition) is 2. The highest BCUT2D eigenvalue weighted by atomic mass is 15.1. The van der Waals surface area contributed by atoms with Crippen molar-refractivity contribution in [3.05, 3.63) is 35.9 Å². The second kappa shape index (κ2) is 7.24. The molecular weight excluding hydrogens is 244 g/mol. The van der Waals surface area contributed by atoms with Crippen LogP contribution in [-0.2, 0) is 0 Å². The monoisotopic (exact) mass is 274 g/mol. The van der Waals surface area contributed by atoms with Crippen molar-refractivity contribution in [3.8, 4) is 0 Å². The molecule has 0 aliphatic heterocycles. The lowest BCUT2D eigenvalue weighted by molar-refractivity contribution is 0.205. The van der Waals surface area contributed by atoms with Gasteiger partial charge >= 0.3 is 0 Å². The SMILES string of the molecule is CC1CCC(NC(CN(C)C)c2ccccc2)CC1C. The third-order valence-electron chi connectivity index (χ3n) is 4.78. The van der Waals surface area contributed by atoms with E-state index >= 15 is 0 Å². The van der Waals surface area contributed by atoms with Crippen LogP contribution in [0.3, 0.4) is 0 Å². The molecule has 2 heteroatoms. The molecule has 1 aliphatic carbocycles. The fourth-order valence-electron chi connectivity index (χ4n) is 3.29. The Balaban J connectivity index is 2.01. The second-order valence-electron chi connectivity index (χ2n) is 6.86. The fraction of sp³-hybridized carbons (Fsp3) is 0.667. The first kappa shape index (κ1) is 15.5. The van der Waals surface area contributed by atoms with Crippen molar-refractivity contribution >= 4 is 0 Å². The average molecular weight is 274 g/mol. The van der Waals surface area contributed by atoms with E-state index in [1.165, 1.54) is 24.8 Å². The summed E-state index contributed by atoms with van der Waals surface area (Å²) < 4.78 is 0. The summed E-state index contributed by atoms with van der Waals surface area (Å²) in [6, 6.07) is 12.0. The molecule has 0 amide bonds. The highest BCUT2D eigenvalue weighted by Gasteiger charge is 2.26. The lowest BCUT2D eigenvalue weighted by atomic mass is 9.79. The number of nitrogens with zero attached hydrogens (tertiary/aromatic N) is 1. The topological polar surface area (TPSA) is 15.3 Å². The van der Waals surface area contributed by atoms with Gasteiger partial charge in [0, 0.05) is 18.6 Å². The zero-order chi connectivity index (χ0) is 14.5. The number of nitrogens with one attached hydrogen (secondary N) is 1. The third-order valence-corrected chi connectivity index (χ3v) is 4.78. The lowest BCUT2D eigenvalue weighted by Crippen LogP contribution is -2.41. The van der Waals surface area contributed by atoms with E-state index in [0.29, 0.717) is 12.1 Å². The predicted molar refractivity (Wildman–Crippen MR) is 86.8 cm³/mol. The van der Waals surface area contributed by atoms with Crippen LogP contribution in [0.4, 0.5) is 0 Å². The van der Waals surface area contributed by atoms with E-state index in [4.69, 9.17) is 0 Å². The van der Waals surface area contributed by atoms with Crippen LogP contribution in [0, 0.1) is 11.8 Å². The standard InChI is InChI=1S/C18H30N2/c1-14-10-11-17(12-15(14)2)19-18(13-20(3)4)16-8-6-5-7-9-16/h5-9,14-15,17-19H,10-13H2,1-4H3. The molecule has 1 saturated carbocycles. The minimum absolute atomic E-state index is 0.441. The quantitative estimate of drug-likeness (QED) is 0.880. The molecule has 20 heavy (non-hydrogen) atoms. The van der Waals surface area contributed by atoms with Crippen molar-refractivity contribution in [2.75, 3.05) is 20.6 Å². The molecule has 112 valence electrons. The molecule has 1 N–H and O–H groups in total. The van der Waals surface area contributed by atoms with E-state index in [9.17, 15) is 0 Å². The van der Waals surface area contributed by atoms with Gasteiger partial charge in [0.1, 0.15) is 0 Å². The largest absolute Gasteiger partial charge is 0.308 e. The van der Waals surface area contributed by atoms with E-state index in [2.05, 4.69) is 68.5 Å². The molecule has 0 bridgehead atoms. The fourth-order valence-corrected chi connectivity index (χ4v) is 3.29. The number of benzene rings is 1. The molecule has 2 rings (SSSR count). The summed E-state index contributed by atoms with van der Waals surface area (Å²) >= 11 is 0. The molecule has 1 aliphatic rings. The molecule has 0 aromatic heterocycles. The minimum Gasteiger partial charge on any atom is -0.308 e. The van der Waals surface area contributed by atoms with E-state index in [0.717, 1.165) is 18.4 Å². The Bertz CT molecular complexity index is 388. The predicted octanol–water partition coefficient (Wildman–Crippen LogP) is 3.70. The second-order valence-corrected chi connectivity index (χ2v) is 6.86. The molecule has 0 saturated heterocycles. The summed E-state index contributed by atoms with van der Waals surface area (Å²) in [4.78, 5) is 2.28. The first-order valence-corrected chi connectivity index (χ1v) is 8.02. The molecule has 1 aromatic rings. The summed E-state index contributed by atoms with van der Waals surface area (Å²) in [5.41, 5.74) is 1.41. The highest BCUT2D eigenvalue weighted by Crippen LogP contribution is 2.30. The van der Waals surface area contributed by atoms with Crippen LogP contribution in [0.25, 0.3) is 0 Å². The van der Waals surface area contributed by atoms with Gasteiger partial charge in [-0.3, -0.25) is 0 Å². The van der Waals surface area contributed by atoms with E-state index in [1.54, 1.807) is 0 Å². The number of likely N-dealkylation sites (N-methyl/N-ethyl adjacent to an activating group) is 1. The summed E-state index contributed by atoms with van der Waals surface area (Å²) in [7, 11) is 4.31. The lowest BCUT2D eigenvalue weighted by Gasteiger charge is -2.36. The van der Waals surface area contributed by atoms with Gasteiger partial charge in [-0.15, -0.1) is 0 Å². The molecule has 4 atom stereocenters. The molecule has 0 heterocycles. The van der Waals surface area contributed by atoms with Gasteiger partial charge in [-0.2, -0.15) is 0 Å². The molecule has 0 radical (unpaired) electrons. The average Bonchev–Trinajstić information content (AvgIpc) is 2.43. The van der Waals surface area contributed by atoms with Gasteiger partial charge in [0.15, 0.2) is 0 Å². The van der Waals surface area contributed by atoms with Gasteiger partial charge in [0.05, 0.1) is 0 Å². The molecular formula is C18H30N2. The molecule has 0 spiro atoms. The van der Waals surface area contributed by atoms with Crippen LogP contribution in [0.5, 0.6) is 0 Å². The summed E-state index contributed by atoms with van der Waals surface area (Å²) in [6.45, 7) is 5.86. The molecule has 2 nitrogen and oxygen atoms in total. The summed E-state index contributed by atoms with van der Waals surface area (Å²) in [6.07, 6.45) is 4.00. The maximum atomic E-state index is 3.91. The van der Waals surface area contributed by atoms with Gasteiger partial charge in [0.25, 0.3) is 0 Å². The summed E-state index contributed by atoms with van der Waals surface area (Å²) in [5.74, 6) is 1.73. The Kier molecular flexibility index (Phi) is 5.62. The first-order chi connectivity index (χ1) is 9.56. The Labute approximate surface area is 124 Å². The van der Waals surface area contributed by atoms with E-state index in [-0.39, 0.29) is 0 Å². The van der Waals surface area contributed by atoms with Crippen LogP contribution in [-0.4, -0.2) is 31.6 Å². The van der Waals surface area contributed by atoms with Crippen LogP contribution >= 0.6 is 0 Å². The maximum absolute atomic E-state index is 3.91. The minimum atomic E-state index is 0.441. The molecule has 4 unspecified atom stereocenters. The Morgan fingerprint density at radius 2 is 1.80 bits per heavy atom. The van der Waals surface area contributed by atoms with Gasteiger partial charge < -0.3 is 10.2 Å². The van der Waals surface area contributed by atoms with Gasteiger partial charge in [-0.05, 0) is 50.8 Å². The van der Waals surface area contributed by atoms with Gasteiger partial charge in [-0.25, -0.2) is 0 Å². The van der Waals surface area contributed by atoms with Crippen LogP contribution < -0.4 is 5.32 Å². The van der Waals surface area contributed by atoms with Crippen molar-refractivity contribution < 1.29 is 0 Å². The number of hydrogen-bond donors (Lipinski definition) is 1. The van der Waals surface area contributed by atoms with Gasteiger partial charge in [0.2, 0.25) is 0 Å². The van der Waals surface area contributed by atoms with Crippen molar-refractivity contribution in [3.63, 3.8) is 0 Å². The zero-order valence-electron chi connectivity index (χ0n) is 13.5. The van der Waals surface area contributed by atoms with Crippen molar-refractivity contribution in [1.29, 1.82) is 0 Å². The van der Waals surface area contributed by atoms with Crippen LogP contribution in [0.1, 0.15) is 44.7 Å².